The van der Waals surface area contributed by atoms with E-state index in [-0.39, 0.29) is 11.2 Å². The zero-order chi connectivity index (χ0) is 14.5. The molecule has 0 spiro atoms. The molecule has 0 N–H and O–H groups in total. The maximum atomic E-state index is 6.12. The van der Waals surface area contributed by atoms with Crippen molar-refractivity contribution in [3.05, 3.63) is 17.7 Å². The fourth-order valence-corrected chi connectivity index (χ4v) is 2.57. The molecule has 0 bridgehead atoms. The molecule has 2 aliphatic rings. The van der Waals surface area contributed by atoms with E-state index in [2.05, 4.69) is 0 Å². The van der Waals surface area contributed by atoms with Crippen LogP contribution in [0.15, 0.2) is 12.1 Å². The van der Waals surface area contributed by atoms with Gasteiger partial charge in [-0.25, -0.2) is 0 Å². The number of rotatable bonds is 2. The first kappa shape index (κ1) is 13.8. The average molecular weight is 276 g/mol. The molecule has 0 atom stereocenters. The second-order valence-corrected chi connectivity index (χ2v) is 6.39. The molecule has 0 aromatic heterocycles. The van der Waals surface area contributed by atoms with Crippen LogP contribution in [0.2, 0.25) is 0 Å². The van der Waals surface area contributed by atoms with E-state index >= 15 is 0 Å². The van der Waals surface area contributed by atoms with Crippen LogP contribution >= 0.6 is 0 Å². The Labute approximate surface area is 120 Å². The second-order valence-electron chi connectivity index (χ2n) is 6.39. The number of benzene rings is 1. The minimum absolute atomic E-state index is 0.355. The lowest BCUT2D eigenvalue weighted by Crippen LogP contribution is -2.41. The second kappa shape index (κ2) is 4.40. The molecule has 108 valence electrons. The van der Waals surface area contributed by atoms with E-state index in [0.717, 1.165) is 28.9 Å². The van der Waals surface area contributed by atoms with E-state index in [1.54, 1.807) is 7.11 Å². The summed E-state index contributed by atoms with van der Waals surface area (Å²) in [6.45, 7) is 8.90. The van der Waals surface area contributed by atoms with Gasteiger partial charge in [-0.05, 0) is 39.8 Å². The monoisotopic (exact) mass is 276 g/mol. The van der Waals surface area contributed by atoms with Crippen LogP contribution in [0.5, 0.6) is 11.5 Å². The van der Waals surface area contributed by atoms with Gasteiger partial charge in [-0.3, -0.25) is 0 Å². The summed E-state index contributed by atoms with van der Waals surface area (Å²) < 4.78 is 23.4. The van der Waals surface area contributed by atoms with Gasteiger partial charge in [-0.1, -0.05) is 0 Å². The molecule has 1 fully saturated rings. The molecule has 0 saturated carbocycles. The zero-order valence-corrected chi connectivity index (χ0v) is 12.8. The summed E-state index contributed by atoms with van der Waals surface area (Å²) in [5.74, 6) is 1.71. The summed E-state index contributed by atoms with van der Waals surface area (Å²) in [5, 5.41) is 0. The van der Waals surface area contributed by atoms with E-state index in [1.165, 1.54) is 0 Å². The quantitative estimate of drug-likeness (QED) is 0.773. The highest BCUT2D eigenvalue weighted by molar-refractivity contribution is 6.63. The fraction of sp³-hybridized carbons (Fsp3) is 0.600. The lowest BCUT2D eigenvalue weighted by molar-refractivity contribution is 0.00578. The molecule has 5 heteroatoms. The Balaban J connectivity index is 2.02. The van der Waals surface area contributed by atoms with E-state index in [4.69, 9.17) is 18.8 Å². The van der Waals surface area contributed by atoms with Crippen molar-refractivity contribution in [2.45, 2.75) is 45.3 Å². The van der Waals surface area contributed by atoms with Crippen molar-refractivity contribution < 1.29 is 18.8 Å². The molecule has 1 aromatic rings. The number of fused-ring (bicyclic) bond motifs is 1. The highest BCUT2D eigenvalue weighted by Gasteiger charge is 2.53. The Morgan fingerprint density at radius 2 is 1.75 bits per heavy atom. The van der Waals surface area contributed by atoms with Gasteiger partial charge in [-0.2, -0.15) is 0 Å². The number of hydrogen-bond acceptors (Lipinski definition) is 4. The van der Waals surface area contributed by atoms with E-state index in [0.29, 0.717) is 6.61 Å². The van der Waals surface area contributed by atoms with Crippen LogP contribution in [0, 0.1) is 0 Å². The van der Waals surface area contributed by atoms with Crippen LogP contribution in [-0.4, -0.2) is 32.0 Å². The number of hydrogen-bond donors (Lipinski definition) is 0. The average Bonchev–Trinajstić information content (AvgIpc) is 2.90. The molecule has 0 aliphatic carbocycles. The van der Waals surface area contributed by atoms with E-state index in [1.807, 2.05) is 39.8 Å². The zero-order valence-electron chi connectivity index (χ0n) is 12.8. The smallest absolute Gasteiger partial charge is 0.497 e. The van der Waals surface area contributed by atoms with Gasteiger partial charge in [0, 0.05) is 17.4 Å². The first-order valence-electron chi connectivity index (χ1n) is 7.03. The topological polar surface area (TPSA) is 36.9 Å². The highest BCUT2D eigenvalue weighted by atomic mass is 16.7. The summed E-state index contributed by atoms with van der Waals surface area (Å²) in [6, 6.07) is 3.98. The Morgan fingerprint density at radius 3 is 2.35 bits per heavy atom. The first-order chi connectivity index (χ1) is 9.34. The third kappa shape index (κ3) is 2.00. The van der Waals surface area contributed by atoms with E-state index < -0.39 is 7.12 Å². The molecular weight excluding hydrogens is 255 g/mol. The van der Waals surface area contributed by atoms with Gasteiger partial charge in [0.2, 0.25) is 0 Å². The van der Waals surface area contributed by atoms with Gasteiger partial charge in [0.25, 0.3) is 0 Å². The molecule has 4 nitrogen and oxygen atoms in total. The SMILES string of the molecule is COc1cc2c(c(B3OC(C)(C)C(C)(C)O3)c1)OCC2. The summed E-state index contributed by atoms with van der Waals surface area (Å²) in [4.78, 5) is 0. The van der Waals surface area contributed by atoms with Crippen molar-refractivity contribution in [2.75, 3.05) is 13.7 Å². The molecule has 2 heterocycles. The molecule has 20 heavy (non-hydrogen) atoms. The predicted molar refractivity (Wildman–Crippen MR) is 77.9 cm³/mol. The van der Waals surface area contributed by atoms with Crippen LogP contribution in [-0.2, 0) is 15.7 Å². The molecule has 1 saturated heterocycles. The standard InChI is InChI=1S/C15H21BO4/c1-14(2)15(3,4)20-16(19-14)12-9-11(17-5)8-10-6-7-18-13(10)12/h8-9H,6-7H2,1-5H3. The summed E-state index contributed by atoms with van der Waals surface area (Å²) in [5.41, 5.74) is 1.38. The van der Waals surface area contributed by atoms with Crippen molar-refractivity contribution in [3.63, 3.8) is 0 Å². The highest BCUT2D eigenvalue weighted by Crippen LogP contribution is 2.38. The first-order valence-corrected chi connectivity index (χ1v) is 7.03. The summed E-state index contributed by atoms with van der Waals surface area (Å²) in [6.07, 6.45) is 0.902. The van der Waals surface area contributed by atoms with Crippen LogP contribution in [0.3, 0.4) is 0 Å². The molecule has 1 aromatic carbocycles. The summed E-state index contributed by atoms with van der Waals surface area (Å²) in [7, 11) is 1.26. The van der Waals surface area contributed by atoms with Gasteiger partial charge in [0.1, 0.15) is 11.5 Å². The number of ether oxygens (including phenoxy) is 2. The minimum Gasteiger partial charge on any atom is -0.497 e. The largest absolute Gasteiger partial charge is 0.498 e. The maximum absolute atomic E-state index is 6.12. The Hall–Kier alpha value is -1.20. The molecule has 2 aliphatic heterocycles. The lowest BCUT2D eigenvalue weighted by atomic mass is 9.77. The van der Waals surface area contributed by atoms with E-state index in [9.17, 15) is 0 Å². The van der Waals surface area contributed by atoms with Gasteiger partial charge in [-0.15, -0.1) is 0 Å². The Kier molecular flexibility index (Phi) is 3.03. The van der Waals surface area contributed by atoms with Crippen LogP contribution in [0.25, 0.3) is 0 Å². The van der Waals surface area contributed by atoms with Crippen LogP contribution in [0.1, 0.15) is 33.3 Å². The van der Waals surface area contributed by atoms with Crippen LogP contribution in [0.4, 0.5) is 0 Å². The predicted octanol–water partition coefficient (Wildman–Crippen LogP) is 1.93. The fourth-order valence-electron chi connectivity index (χ4n) is 2.57. The Bertz CT molecular complexity index is 523. The minimum atomic E-state index is -0.415. The third-order valence-electron chi connectivity index (χ3n) is 4.53. The third-order valence-corrected chi connectivity index (χ3v) is 4.53. The van der Waals surface area contributed by atoms with Crippen LogP contribution < -0.4 is 14.9 Å². The van der Waals surface area contributed by atoms with Crippen molar-refractivity contribution in [3.8, 4) is 11.5 Å². The normalized spacial score (nSPS) is 22.6. The summed E-state index contributed by atoms with van der Waals surface area (Å²) >= 11 is 0. The van der Waals surface area contributed by atoms with Crippen molar-refractivity contribution in [2.24, 2.45) is 0 Å². The van der Waals surface area contributed by atoms with Crippen molar-refractivity contribution in [1.29, 1.82) is 0 Å². The molecule has 0 unspecified atom stereocenters. The molecule has 3 rings (SSSR count). The van der Waals surface area contributed by atoms with Gasteiger partial charge >= 0.3 is 7.12 Å². The molecular formula is C15H21BO4. The molecule has 0 amide bonds. The lowest BCUT2D eigenvalue weighted by Gasteiger charge is -2.32. The van der Waals surface area contributed by atoms with Crippen molar-refractivity contribution in [1.82, 2.24) is 0 Å². The van der Waals surface area contributed by atoms with Gasteiger partial charge in [0.05, 0.1) is 24.9 Å². The van der Waals surface area contributed by atoms with Crippen molar-refractivity contribution >= 4 is 12.6 Å². The number of methoxy groups -OCH3 is 1. The van der Waals surface area contributed by atoms with Gasteiger partial charge < -0.3 is 18.8 Å². The Morgan fingerprint density at radius 1 is 1.10 bits per heavy atom. The molecule has 0 radical (unpaired) electrons. The van der Waals surface area contributed by atoms with Gasteiger partial charge in [0.15, 0.2) is 0 Å². The maximum Gasteiger partial charge on any atom is 0.498 e.